The summed E-state index contributed by atoms with van der Waals surface area (Å²) in [6, 6.07) is 0. The van der Waals surface area contributed by atoms with E-state index in [2.05, 4.69) is 0 Å². The van der Waals surface area contributed by atoms with Crippen LogP contribution in [0, 0.1) is 0 Å². The number of carboxylic acid groups (broad SMARTS) is 2. The van der Waals surface area contributed by atoms with Gasteiger partial charge in [0.1, 0.15) is 0 Å². The summed E-state index contributed by atoms with van der Waals surface area (Å²) in [6.07, 6.45) is -0.0804. The number of carbonyl (C=O) groups is 2. The predicted molar refractivity (Wildman–Crippen MR) is 39.0 cm³/mol. The normalized spacial score (nSPS) is 13.8. The zero-order chi connectivity index (χ0) is 10.4. The molecular weight excluding hydrogens is 176 g/mol. The van der Waals surface area contributed by atoms with Crippen molar-refractivity contribution >= 4 is 11.9 Å². The highest BCUT2D eigenvalue weighted by Gasteiger charge is 2.01. The van der Waals surface area contributed by atoms with Gasteiger partial charge in [0.2, 0.25) is 0 Å². The van der Waals surface area contributed by atoms with Gasteiger partial charge in [-0.15, -0.1) is 0 Å². The molecule has 1 atom stereocenters. The molecule has 0 aliphatic carbocycles. The van der Waals surface area contributed by atoms with Gasteiger partial charge in [0.05, 0.1) is 18.0 Å². The molecule has 0 saturated heterocycles. The lowest BCUT2D eigenvalue weighted by molar-refractivity contribution is -0.303. The van der Waals surface area contributed by atoms with Crippen LogP contribution < -0.4 is 10.2 Å². The van der Waals surface area contributed by atoms with E-state index in [0.717, 1.165) is 0 Å². The lowest BCUT2D eigenvalue weighted by atomic mass is 10.1. The lowest BCUT2D eigenvalue weighted by Crippen LogP contribution is -2.28. The van der Waals surface area contributed by atoms with Crippen LogP contribution in [0.2, 0.25) is 0 Å². The number of aliphatic hydroxyl groups is 1. The molecule has 74 valence electrons. The van der Waals surface area contributed by atoms with Crippen molar-refractivity contribution in [1.29, 1.82) is 0 Å². The summed E-state index contributed by atoms with van der Waals surface area (Å²) in [5, 5.41) is 29.1. The van der Waals surface area contributed by atoms with Crippen LogP contribution in [-0.2, 0) is 9.59 Å². The number of carboxylic acids is 2. The van der Waals surface area contributed by atoms with Gasteiger partial charge in [0.15, 0.2) is 0 Å². The number of hydrogen-bond acceptors (Lipinski definition) is 5. The quantitative estimate of drug-likeness (QED) is 0.481. The molecule has 0 radical (unpaired) electrons. The molecular formula is C8H10O5-2. The molecule has 0 saturated carbocycles. The molecule has 0 rings (SSSR count). The van der Waals surface area contributed by atoms with Crippen molar-refractivity contribution in [2.24, 2.45) is 0 Å². The Bertz CT molecular complexity index is 229. The molecule has 0 spiro atoms. The molecule has 0 bridgehead atoms. The summed E-state index contributed by atoms with van der Waals surface area (Å²) in [6.45, 7) is 1.48. The third kappa shape index (κ3) is 5.86. The second kappa shape index (κ2) is 5.31. The Balaban J connectivity index is 4.28. The molecule has 0 aromatic heterocycles. The van der Waals surface area contributed by atoms with Crippen molar-refractivity contribution < 1.29 is 24.9 Å². The van der Waals surface area contributed by atoms with Crippen molar-refractivity contribution in [3.05, 3.63) is 11.6 Å². The van der Waals surface area contributed by atoms with Crippen molar-refractivity contribution in [2.75, 3.05) is 0 Å². The van der Waals surface area contributed by atoms with E-state index in [1.165, 1.54) is 6.92 Å². The van der Waals surface area contributed by atoms with Crippen LogP contribution in [-0.4, -0.2) is 23.1 Å². The van der Waals surface area contributed by atoms with Crippen molar-refractivity contribution in [3.63, 3.8) is 0 Å². The summed E-state index contributed by atoms with van der Waals surface area (Å²) < 4.78 is 0. The molecule has 5 heteroatoms. The molecule has 0 aromatic rings. The van der Waals surface area contributed by atoms with E-state index in [0.29, 0.717) is 6.08 Å². The molecule has 0 aliphatic heterocycles. The number of rotatable bonds is 5. The van der Waals surface area contributed by atoms with E-state index < -0.39 is 18.0 Å². The first-order valence-corrected chi connectivity index (χ1v) is 3.74. The van der Waals surface area contributed by atoms with Crippen molar-refractivity contribution in [2.45, 2.75) is 25.9 Å². The third-order valence-electron chi connectivity index (χ3n) is 1.39. The van der Waals surface area contributed by atoms with Gasteiger partial charge in [0, 0.05) is 0 Å². The van der Waals surface area contributed by atoms with E-state index in [1.54, 1.807) is 0 Å². The molecule has 5 nitrogen and oxygen atoms in total. The zero-order valence-corrected chi connectivity index (χ0v) is 7.15. The van der Waals surface area contributed by atoms with Crippen molar-refractivity contribution in [3.8, 4) is 0 Å². The molecule has 0 heterocycles. The Hall–Kier alpha value is -1.36. The van der Waals surface area contributed by atoms with E-state index >= 15 is 0 Å². The van der Waals surface area contributed by atoms with E-state index in [1.807, 2.05) is 0 Å². The monoisotopic (exact) mass is 186 g/mol. The van der Waals surface area contributed by atoms with Crippen LogP contribution in [0.4, 0.5) is 0 Å². The van der Waals surface area contributed by atoms with Gasteiger partial charge in [-0.3, -0.25) is 0 Å². The van der Waals surface area contributed by atoms with Crippen LogP contribution in [0.3, 0.4) is 0 Å². The predicted octanol–water partition coefficient (Wildman–Crippen LogP) is -2.43. The topological polar surface area (TPSA) is 100 Å². The molecule has 13 heavy (non-hydrogen) atoms. The Morgan fingerprint density at radius 3 is 2.31 bits per heavy atom. The second-order valence-corrected chi connectivity index (χ2v) is 2.66. The summed E-state index contributed by atoms with van der Waals surface area (Å²) in [5.41, 5.74) is -0.374. The Labute approximate surface area is 75.3 Å². The van der Waals surface area contributed by atoms with Crippen LogP contribution in [0.25, 0.3) is 0 Å². The fourth-order valence-electron chi connectivity index (χ4n) is 0.740. The average molecular weight is 186 g/mol. The Kier molecular flexibility index (Phi) is 4.76. The maximum Gasteiger partial charge on any atom is 0.0675 e. The molecule has 0 fully saturated rings. The number of carbonyl (C=O) groups excluding carboxylic acids is 2. The van der Waals surface area contributed by atoms with E-state index in [9.17, 15) is 19.8 Å². The van der Waals surface area contributed by atoms with Gasteiger partial charge >= 0.3 is 0 Å². The highest BCUT2D eigenvalue weighted by atomic mass is 16.4. The minimum absolute atomic E-state index is 0.0476. The molecule has 0 amide bonds. The van der Waals surface area contributed by atoms with Gasteiger partial charge in [-0.05, 0) is 31.4 Å². The first-order chi connectivity index (χ1) is 5.93. The van der Waals surface area contributed by atoms with Crippen LogP contribution in [0.15, 0.2) is 11.6 Å². The van der Waals surface area contributed by atoms with E-state index in [4.69, 9.17) is 5.11 Å². The SMILES string of the molecule is CC(O)CC/C(=C/C(=O)[O-])C(=O)[O-]. The molecule has 1 unspecified atom stereocenters. The number of hydrogen-bond donors (Lipinski definition) is 1. The third-order valence-corrected chi connectivity index (χ3v) is 1.39. The maximum atomic E-state index is 10.3. The summed E-state index contributed by atoms with van der Waals surface area (Å²) in [7, 11) is 0. The van der Waals surface area contributed by atoms with Crippen molar-refractivity contribution in [1.82, 2.24) is 0 Å². The van der Waals surface area contributed by atoms with Crippen LogP contribution >= 0.6 is 0 Å². The largest absolute Gasteiger partial charge is 0.545 e. The smallest absolute Gasteiger partial charge is 0.0675 e. The first kappa shape index (κ1) is 11.6. The maximum absolute atomic E-state index is 10.3. The summed E-state index contributed by atoms with van der Waals surface area (Å²) in [4.78, 5) is 20.3. The summed E-state index contributed by atoms with van der Waals surface area (Å²) >= 11 is 0. The van der Waals surface area contributed by atoms with Gasteiger partial charge in [-0.2, -0.15) is 0 Å². The Morgan fingerprint density at radius 2 is 2.00 bits per heavy atom. The van der Waals surface area contributed by atoms with E-state index in [-0.39, 0.29) is 18.4 Å². The van der Waals surface area contributed by atoms with Gasteiger partial charge in [-0.1, -0.05) is 0 Å². The van der Waals surface area contributed by atoms with Gasteiger partial charge < -0.3 is 24.9 Å². The second-order valence-electron chi connectivity index (χ2n) is 2.66. The average Bonchev–Trinajstić information content (AvgIpc) is 1.96. The zero-order valence-electron chi connectivity index (χ0n) is 7.15. The highest BCUT2D eigenvalue weighted by molar-refractivity contribution is 5.92. The van der Waals surface area contributed by atoms with Gasteiger partial charge in [0.25, 0.3) is 0 Å². The number of aliphatic hydroxyl groups excluding tert-OH is 1. The summed E-state index contributed by atoms with van der Waals surface area (Å²) in [5.74, 6) is -3.13. The fourth-order valence-corrected chi connectivity index (χ4v) is 0.740. The first-order valence-electron chi connectivity index (χ1n) is 3.74. The fraction of sp³-hybridized carbons (Fsp3) is 0.500. The Morgan fingerprint density at radius 1 is 1.46 bits per heavy atom. The molecule has 0 aliphatic rings. The van der Waals surface area contributed by atoms with Crippen LogP contribution in [0.1, 0.15) is 19.8 Å². The minimum Gasteiger partial charge on any atom is -0.545 e. The standard InChI is InChI=1S/C8H12O5/c1-5(9)2-3-6(8(12)13)4-7(10)11/h4-5,9H,2-3H2,1H3,(H,10,11)(H,12,13)/p-2/b6-4-. The number of aliphatic carboxylic acids is 2. The lowest BCUT2D eigenvalue weighted by Gasteiger charge is -2.10. The molecule has 0 aromatic carbocycles. The molecule has 1 N–H and O–H groups in total. The van der Waals surface area contributed by atoms with Crippen LogP contribution in [0.5, 0.6) is 0 Å². The van der Waals surface area contributed by atoms with Gasteiger partial charge in [-0.25, -0.2) is 0 Å². The highest BCUT2D eigenvalue weighted by Crippen LogP contribution is 2.06. The minimum atomic E-state index is -1.58.